The van der Waals surface area contributed by atoms with Crippen LogP contribution in [0, 0.1) is 0 Å². The van der Waals surface area contributed by atoms with Crippen molar-refractivity contribution >= 4 is 0 Å². The van der Waals surface area contributed by atoms with Crippen molar-refractivity contribution in [1.82, 2.24) is 10.3 Å². The average Bonchev–Trinajstić information content (AvgIpc) is 2.94. The van der Waals surface area contributed by atoms with Gasteiger partial charge >= 0.3 is 0 Å². The minimum Gasteiger partial charge on any atom is -0.469 e. The van der Waals surface area contributed by atoms with Crippen LogP contribution in [0.2, 0.25) is 0 Å². The van der Waals surface area contributed by atoms with Gasteiger partial charge in [-0.3, -0.25) is 0 Å². The maximum atomic E-state index is 5.69. The lowest BCUT2D eigenvalue weighted by molar-refractivity contribution is 0.457. The van der Waals surface area contributed by atoms with Crippen LogP contribution >= 0.6 is 0 Å². The summed E-state index contributed by atoms with van der Waals surface area (Å²) in [6.07, 6.45) is 4.28. The molecule has 2 heterocycles. The minimum atomic E-state index is 0.422. The minimum absolute atomic E-state index is 0.422. The van der Waals surface area contributed by atoms with Gasteiger partial charge in [-0.15, -0.1) is 0 Å². The van der Waals surface area contributed by atoms with Gasteiger partial charge in [-0.2, -0.15) is 0 Å². The normalized spacial score (nSPS) is 11.3. The number of furan rings is 1. The number of hydrogen-bond donors (Lipinski definition) is 1. The number of oxazole rings is 1. The molecule has 0 saturated carbocycles. The fraction of sp³-hybridized carbons (Fsp3) is 0.462. The first kappa shape index (κ1) is 11.9. The van der Waals surface area contributed by atoms with Crippen LogP contribution in [-0.4, -0.2) is 11.0 Å². The molecule has 0 amide bonds. The van der Waals surface area contributed by atoms with Crippen molar-refractivity contribution in [2.45, 2.75) is 39.8 Å². The second-order valence-corrected chi connectivity index (χ2v) is 4.26. The monoisotopic (exact) mass is 234 g/mol. The molecule has 2 rings (SSSR count). The lowest BCUT2D eigenvalue weighted by Crippen LogP contribution is -2.21. The molecule has 0 aliphatic heterocycles. The third-order valence-electron chi connectivity index (χ3n) is 2.55. The smallest absolute Gasteiger partial charge is 0.208 e. The molecule has 92 valence electrons. The van der Waals surface area contributed by atoms with E-state index in [2.05, 4.69) is 31.1 Å². The molecule has 0 saturated heterocycles. The molecule has 0 fully saturated rings. The van der Waals surface area contributed by atoms with Gasteiger partial charge in [0.05, 0.1) is 24.6 Å². The largest absolute Gasteiger partial charge is 0.469 e. The molecule has 4 nitrogen and oxygen atoms in total. The third kappa shape index (κ3) is 2.77. The van der Waals surface area contributed by atoms with Gasteiger partial charge < -0.3 is 14.2 Å². The van der Waals surface area contributed by atoms with Gasteiger partial charge in [0.2, 0.25) is 5.89 Å². The van der Waals surface area contributed by atoms with Gasteiger partial charge in [-0.25, -0.2) is 4.98 Å². The van der Waals surface area contributed by atoms with Crippen LogP contribution in [-0.2, 0) is 13.0 Å². The SMILES string of the molecule is CCc1occc1-c1cnc(CNC(C)C)o1. The van der Waals surface area contributed by atoms with Crippen LogP contribution in [0.25, 0.3) is 11.3 Å². The maximum absolute atomic E-state index is 5.69. The Labute approximate surface area is 101 Å². The molecule has 2 aromatic heterocycles. The van der Waals surface area contributed by atoms with E-state index >= 15 is 0 Å². The summed E-state index contributed by atoms with van der Waals surface area (Å²) in [7, 11) is 0. The predicted molar refractivity (Wildman–Crippen MR) is 65.6 cm³/mol. The quantitative estimate of drug-likeness (QED) is 0.864. The number of aromatic nitrogens is 1. The number of nitrogens with one attached hydrogen (secondary N) is 1. The summed E-state index contributed by atoms with van der Waals surface area (Å²) in [5, 5.41) is 3.27. The zero-order valence-electron chi connectivity index (χ0n) is 10.5. The van der Waals surface area contributed by atoms with Crippen molar-refractivity contribution in [3.63, 3.8) is 0 Å². The fourth-order valence-corrected chi connectivity index (χ4v) is 1.64. The van der Waals surface area contributed by atoms with Crippen molar-refractivity contribution in [3.8, 4) is 11.3 Å². The molecule has 17 heavy (non-hydrogen) atoms. The highest BCUT2D eigenvalue weighted by atomic mass is 16.4. The first-order valence-corrected chi connectivity index (χ1v) is 5.95. The first-order chi connectivity index (χ1) is 8.20. The summed E-state index contributed by atoms with van der Waals surface area (Å²) in [6, 6.07) is 2.34. The van der Waals surface area contributed by atoms with E-state index in [4.69, 9.17) is 8.83 Å². The molecule has 0 aromatic carbocycles. The summed E-state index contributed by atoms with van der Waals surface area (Å²) in [6.45, 7) is 6.89. The van der Waals surface area contributed by atoms with Gasteiger partial charge in [0.1, 0.15) is 5.76 Å². The molecule has 0 spiro atoms. The Kier molecular flexibility index (Phi) is 3.64. The summed E-state index contributed by atoms with van der Waals surface area (Å²) >= 11 is 0. The first-order valence-electron chi connectivity index (χ1n) is 5.95. The van der Waals surface area contributed by atoms with E-state index in [0.29, 0.717) is 18.5 Å². The zero-order chi connectivity index (χ0) is 12.3. The number of nitrogens with zero attached hydrogens (tertiary/aromatic N) is 1. The zero-order valence-corrected chi connectivity index (χ0v) is 10.5. The Balaban J connectivity index is 2.12. The molecule has 0 bridgehead atoms. The second kappa shape index (κ2) is 5.19. The van der Waals surface area contributed by atoms with Gasteiger partial charge in [-0.1, -0.05) is 20.8 Å². The predicted octanol–water partition coefficient (Wildman–Crippen LogP) is 3.00. The third-order valence-corrected chi connectivity index (χ3v) is 2.55. The van der Waals surface area contributed by atoms with Gasteiger partial charge in [-0.05, 0) is 6.07 Å². The summed E-state index contributed by atoms with van der Waals surface area (Å²) in [4.78, 5) is 4.25. The maximum Gasteiger partial charge on any atom is 0.208 e. The van der Waals surface area contributed by atoms with Crippen LogP contribution < -0.4 is 5.32 Å². The molecule has 4 heteroatoms. The molecule has 2 aromatic rings. The highest BCUT2D eigenvalue weighted by Gasteiger charge is 2.12. The Bertz CT molecular complexity index is 471. The van der Waals surface area contributed by atoms with Gasteiger partial charge in [0.15, 0.2) is 5.76 Å². The van der Waals surface area contributed by atoms with E-state index in [1.807, 2.05) is 6.07 Å². The standard InChI is InChI=1S/C13H18N2O2/c1-4-11-10(5-6-16-11)12-7-15-13(17-12)8-14-9(2)3/h5-7,9,14H,4,8H2,1-3H3. The van der Waals surface area contributed by atoms with Crippen LogP contribution in [0.15, 0.2) is 27.4 Å². The van der Waals surface area contributed by atoms with E-state index in [-0.39, 0.29) is 0 Å². The van der Waals surface area contributed by atoms with Crippen LogP contribution in [0.4, 0.5) is 0 Å². The summed E-state index contributed by atoms with van der Waals surface area (Å²) in [5.41, 5.74) is 0.996. The summed E-state index contributed by atoms with van der Waals surface area (Å²) < 4.78 is 11.1. The van der Waals surface area contributed by atoms with Gasteiger partial charge in [0, 0.05) is 12.5 Å². The van der Waals surface area contributed by atoms with E-state index in [9.17, 15) is 0 Å². The van der Waals surface area contributed by atoms with Crippen LogP contribution in [0.5, 0.6) is 0 Å². The second-order valence-electron chi connectivity index (χ2n) is 4.26. The molecular weight excluding hydrogens is 216 g/mol. The molecule has 0 unspecified atom stereocenters. The Morgan fingerprint density at radius 3 is 2.94 bits per heavy atom. The molecule has 0 radical (unpaired) electrons. The van der Waals surface area contributed by atoms with Crippen molar-refractivity contribution in [2.24, 2.45) is 0 Å². The Morgan fingerprint density at radius 1 is 1.41 bits per heavy atom. The molecule has 0 aliphatic carbocycles. The van der Waals surface area contributed by atoms with Crippen molar-refractivity contribution < 1.29 is 8.83 Å². The van der Waals surface area contributed by atoms with Crippen molar-refractivity contribution in [2.75, 3.05) is 0 Å². The highest BCUT2D eigenvalue weighted by Crippen LogP contribution is 2.25. The molecule has 0 atom stereocenters. The van der Waals surface area contributed by atoms with E-state index in [1.165, 1.54) is 0 Å². The topological polar surface area (TPSA) is 51.2 Å². The van der Waals surface area contributed by atoms with Crippen molar-refractivity contribution in [1.29, 1.82) is 0 Å². The average molecular weight is 234 g/mol. The Hall–Kier alpha value is -1.55. The highest BCUT2D eigenvalue weighted by molar-refractivity contribution is 5.58. The van der Waals surface area contributed by atoms with Crippen LogP contribution in [0.1, 0.15) is 32.4 Å². The van der Waals surface area contributed by atoms with E-state index in [0.717, 1.165) is 23.5 Å². The molecule has 1 N–H and O–H groups in total. The van der Waals surface area contributed by atoms with E-state index < -0.39 is 0 Å². The van der Waals surface area contributed by atoms with Crippen LogP contribution in [0.3, 0.4) is 0 Å². The lowest BCUT2D eigenvalue weighted by atomic mass is 10.2. The van der Waals surface area contributed by atoms with Gasteiger partial charge in [0.25, 0.3) is 0 Å². The summed E-state index contributed by atoms with van der Waals surface area (Å²) in [5.74, 6) is 2.41. The Morgan fingerprint density at radius 2 is 2.24 bits per heavy atom. The van der Waals surface area contributed by atoms with Crippen molar-refractivity contribution in [3.05, 3.63) is 30.2 Å². The molecule has 0 aliphatic rings. The fourth-order valence-electron chi connectivity index (χ4n) is 1.64. The van der Waals surface area contributed by atoms with E-state index in [1.54, 1.807) is 12.5 Å². The number of hydrogen-bond acceptors (Lipinski definition) is 4. The number of rotatable bonds is 5. The molecular formula is C13H18N2O2. The lowest BCUT2D eigenvalue weighted by Gasteiger charge is -2.03. The number of aryl methyl sites for hydroxylation is 1.